The fourth-order valence-corrected chi connectivity index (χ4v) is 2.44. The molecule has 1 saturated heterocycles. The van der Waals surface area contributed by atoms with Gasteiger partial charge in [0.15, 0.2) is 11.5 Å². The van der Waals surface area contributed by atoms with Crippen molar-refractivity contribution in [3.05, 3.63) is 18.2 Å². The Morgan fingerprint density at radius 2 is 1.89 bits per heavy atom. The van der Waals surface area contributed by atoms with Crippen molar-refractivity contribution in [2.75, 3.05) is 44.4 Å². The maximum Gasteiger partial charge on any atom is 0.317 e. The summed E-state index contributed by atoms with van der Waals surface area (Å²) in [6, 6.07) is 5.91. The van der Waals surface area contributed by atoms with Crippen LogP contribution in [0.15, 0.2) is 18.2 Å². The van der Waals surface area contributed by atoms with Crippen molar-refractivity contribution in [2.45, 2.75) is 0 Å². The maximum atomic E-state index is 10.7. The number of hydrogen-bond donors (Lipinski definition) is 1. The van der Waals surface area contributed by atoms with Crippen LogP contribution in [0.4, 0.5) is 5.69 Å². The van der Waals surface area contributed by atoms with E-state index in [1.807, 2.05) is 23.1 Å². The van der Waals surface area contributed by atoms with Gasteiger partial charge in [-0.2, -0.15) is 0 Å². The minimum absolute atomic E-state index is 0.120. The molecule has 3 rings (SSSR count). The van der Waals surface area contributed by atoms with E-state index in [1.165, 1.54) is 0 Å². The van der Waals surface area contributed by atoms with Gasteiger partial charge in [-0.25, -0.2) is 0 Å². The molecule has 2 aliphatic rings. The lowest BCUT2D eigenvalue weighted by Crippen LogP contribution is -2.47. The minimum Gasteiger partial charge on any atom is -0.480 e. The first-order chi connectivity index (χ1) is 9.22. The van der Waals surface area contributed by atoms with Gasteiger partial charge in [0.1, 0.15) is 0 Å². The number of aliphatic carboxylic acids is 1. The number of fused-ring (bicyclic) bond motifs is 1. The third kappa shape index (κ3) is 2.58. The molecule has 0 amide bonds. The zero-order chi connectivity index (χ0) is 13.2. The van der Waals surface area contributed by atoms with E-state index in [0.29, 0.717) is 0 Å². The summed E-state index contributed by atoms with van der Waals surface area (Å²) in [5.41, 5.74) is 1.10. The Hall–Kier alpha value is -1.95. The highest BCUT2D eigenvalue weighted by Gasteiger charge is 2.21. The summed E-state index contributed by atoms with van der Waals surface area (Å²) < 4.78 is 10.7. The van der Waals surface area contributed by atoms with Gasteiger partial charge < -0.3 is 19.5 Å². The number of carboxylic acid groups (broad SMARTS) is 1. The fraction of sp³-hybridized carbons (Fsp3) is 0.462. The number of hydrogen-bond acceptors (Lipinski definition) is 5. The van der Waals surface area contributed by atoms with E-state index in [9.17, 15) is 4.79 Å². The van der Waals surface area contributed by atoms with Crippen LogP contribution >= 0.6 is 0 Å². The van der Waals surface area contributed by atoms with Crippen molar-refractivity contribution in [3.8, 4) is 11.5 Å². The second-order valence-corrected chi connectivity index (χ2v) is 4.69. The number of carboxylic acids is 1. The Labute approximate surface area is 111 Å². The van der Waals surface area contributed by atoms with Gasteiger partial charge in [-0.15, -0.1) is 0 Å². The lowest BCUT2D eigenvalue weighted by molar-refractivity contribution is -0.138. The van der Waals surface area contributed by atoms with Crippen LogP contribution in [0, 0.1) is 0 Å². The predicted molar refractivity (Wildman–Crippen MR) is 68.9 cm³/mol. The van der Waals surface area contributed by atoms with Crippen molar-refractivity contribution < 1.29 is 19.4 Å². The monoisotopic (exact) mass is 264 g/mol. The number of rotatable bonds is 3. The SMILES string of the molecule is O=C(O)CN1CCN(c2ccc3c(c2)OCO3)CC1. The summed E-state index contributed by atoms with van der Waals surface area (Å²) in [7, 11) is 0. The zero-order valence-corrected chi connectivity index (χ0v) is 10.5. The predicted octanol–water partition coefficient (Wildman–Crippen LogP) is 0.622. The number of piperazine rings is 1. The van der Waals surface area contributed by atoms with Crippen LogP contribution in [0.25, 0.3) is 0 Å². The molecule has 0 aliphatic carbocycles. The Balaban J connectivity index is 1.63. The highest BCUT2D eigenvalue weighted by Crippen LogP contribution is 2.35. The van der Waals surface area contributed by atoms with Gasteiger partial charge in [0.2, 0.25) is 6.79 Å². The molecule has 0 saturated carbocycles. The maximum absolute atomic E-state index is 10.7. The molecule has 2 heterocycles. The number of anilines is 1. The Morgan fingerprint density at radius 1 is 1.16 bits per heavy atom. The van der Waals surface area contributed by atoms with Gasteiger partial charge >= 0.3 is 5.97 Å². The summed E-state index contributed by atoms with van der Waals surface area (Å²) >= 11 is 0. The Bertz CT molecular complexity index is 484. The minimum atomic E-state index is -0.767. The second kappa shape index (κ2) is 4.97. The average molecular weight is 264 g/mol. The first-order valence-corrected chi connectivity index (χ1v) is 6.31. The van der Waals surface area contributed by atoms with Crippen molar-refractivity contribution in [1.82, 2.24) is 4.90 Å². The molecule has 1 aromatic rings. The molecule has 1 fully saturated rings. The molecule has 19 heavy (non-hydrogen) atoms. The van der Waals surface area contributed by atoms with Gasteiger partial charge in [0.25, 0.3) is 0 Å². The van der Waals surface area contributed by atoms with Crippen molar-refractivity contribution in [2.24, 2.45) is 0 Å². The zero-order valence-electron chi connectivity index (χ0n) is 10.5. The van der Waals surface area contributed by atoms with E-state index in [1.54, 1.807) is 0 Å². The van der Waals surface area contributed by atoms with Crippen LogP contribution in [0.2, 0.25) is 0 Å². The van der Waals surface area contributed by atoms with Crippen LogP contribution in [0.3, 0.4) is 0 Å². The summed E-state index contributed by atoms with van der Waals surface area (Å²) in [5, 5.41) is 8.77. The van der Waals surface area contributed by atoms with E-state index in [2.05, 4.69) is 4.90 Å². The third-order valence-corrected chi connectivity index (χ3v) is 3.45. The number of benzene rings is 1. The smallest absolute Gasteiger partial charge is 0.317 e. The second-order valence-electron chi connectivity index (χ2n) is 4.69. The number of nitrogens with zero attached hydrogens (tertiary/aromatic N) is 2. The van der Waals surface area contributed by atoms with Gasteiger partial charge in [-0.3, -0.25) is 9.69 Å². The average Bonchev–Trinajstić information content (AvgIpc) is 2.86. The van der Waals surface area contributed by atoms with E-state index >= 15 is 0 Å². The van der Waals surface area contributed by atoms with E-state index < -0.39 is 5.97 Å². The lowest BCUT2D eigenvalue weighted by atomic mass is 10.2. The quantitative estimate of drug-likeness (QED) is 0.863. The summed E-state index contributed by atoms with van der Waals surface area (Å²) in [4.78, 5) is 14.8. The molecule has 6 heteroatoms. The molecule has 0 radical (unpaired) electrons. The summed E-state index contributed by atoms with van der Waals surface area (Å²) in [6.45, 7) is 3.58. The third-order valence-electron chi connectivity index (χ3n) is 3.45. The van der Waals surface area contributed by atoms with Gasteiger partial charge in [0, 0.05) is 37.9 Å². The molecule has 0 bridgehead atoms. The highest BCUT2D eigenvalue weighted by atomic mass is 16.7. The Kier molecular flexibility index (Phi) is 3.16. The molecule has 0 unspecified atom stereocenters. The molecule has 0 spiro atoms. The first-order valence-electron chi connectivity index (χ1n) is 6.31. The molecule has 0 aromatic heterocycles. The largest absolute Gasteiger partial charge is 0.480 e. The summed E-state index contributed by atoms with van der Waals surface area (Å²) in [5.74, 6) is 0.801. The van der Waals surface area contributed by atoms with E-state index in [-0.39, 0.29) is 13.3 Å². The van der Waals surface area contributed by atoms with Crippen molar-refractivity contribution in [1.29, 1.82) is 0 Å². The molecule has 0 atom stereocenters. The normalized spacial score (nSPS) is 18.6. The summed E-state index contributed by atoms with van der Waals surface area (Å²) in [6.07, 6.45) is 0. The van der Waals surface area contributed by atoms with Gasteiger partial charge in [0.05, 0.1) is 6.54 Å². The molecule has 6 nitrogen and oxygen atoms in total. The topological polar surface area (TPSA) is 62.2 Å². The Morgan fingerprint density at radius 3 is 2.63 bits per heavy atom. The van der Waals surface area contributed by atoms with Crippen molar-refractivity contribution in [3.63, 3.8) is 0 Å². The van der Waals surface area contributed by atoms with Crippen LogP contribution in [-0.4, -0.2) is 55.5 Å². The number of carbonyl (C=O) groups is 1. The highest BCUT2D eigenvalue weighted by molar-refractivity contribution is 5.69. The van der Waals surface area contributed by atoms with E-state index in [4.69, 9.17) is 14.6 Å². The van der Waals surface area contributed by atoms with Crippen LogP contribution in [-0.2, 0) is 4.79 Å². The van der Waals surface area contributed by atoms with Gasteiger partial charge in [-0.05, 0) is 12.1 Å². The molecular weight excluding hydrogens is 248 g/mol. The van der Waals surface area contributed by atoms with Crippen LogP contribution in [0.1, 0.15) is 0 Å². The molecule has 1 N–H and O–H groups in total. The molecular formula is C13H16N2O4. The van der Waals surface area contributed by atoms with Crippen LogP contribution < -0.4 is 14.4 Å². The van der Waals surface area contributed by atoms with E-state index in [0.717, 1.165) is 43.4 Å². The van der Waals surface area contributed by atoms with Crippen molar-refractivity contribution >= 4 is 11.7 Å². The number of ether oxygens (including phenoxy) is 2. The molecule has 1 aromatic carbocycles. The lowest BCUT2D eigenvalue weighted by Gasteiger charge is -2.35. The standard InChI is InChI=1S/C13H16N2O4/c16-13(17)8-14-3-5-15(6-4-14)10-1-2-11-12(7-10)19-9-18-11/h1-2,7H,3-6,8-9H2,(H,16,17). The first kappa shape index (κ1) is 12.1. The molecule has 2 aliphatic heterocycles. The van der Waals surface area contributed by atoms with Crippen LogP contribution in [0.5, 0.6) is 11.5 Å². The molecule has 102 valence electrons. The fourth-order valence-electron chi connectivity index (χ4n) is 2.44. The van der Waals surface area contributed by atoms with Gasteiger partial charge in [-0.1, -0.05) is 0 Å².